The lowest BCUT2D eigenvalue weighted by Gasteiger charge is -2.29. The van der Waals surface area contributed by atoms with Crippen LogP contribution in [0.15, 0.2) is 48.7 Å². The monoisotopic (exact) mass is 440 g/mol. The lowest BCUT2D eigenvalue weighted by molar-refractivity contribution is 0.123. The van der Waals surface area contributed by atoms with E-state index in [1.165, 1.54) is 19.3 Å². The molecule has 1 aromatic carbocycles. The Kier molecular flexibility index (Phi) is 5.40. The summed E-state index contributed by atoms with van der Waals surface area (Å²) in [7, 11) is 0. The summed E-state index contributed by atoms with van der Waals surface area (Å²) in [6, 6.07) is 14.5. The second-order valence-electron chi connectivity index (χ2n) is 8.68. The Hall–Kier alpha value is -3.45. The van der Waals surface area contributed by atoms with Crippen molar-refractivity contribution in [1.29, 1.82) is 0 Å². The average molecular weight is 441 g/mol. The molecule has 0 amide bonds. The molecule has 2 fully saturated rings. The molecule has 0 N–H and O–H groups in total. The number of fused-ring (bicyclic) bond motifs is 2. The molecule has 3 aromatic heterocycles. The number of morpholine rings is 1. The van der Waals surface area contributed by atoms with Gasteiger partial charge in [0, 0.05) is 31.6 Å². The number of imidazole rings is 1. The van der Waals surface area contributed by atoms with Crippen molar-refractivity contribution in [2.75, 3.05) is 49.2 Å². The molecule has 0 bridgehead atoms. The van der Waals surface area contributed by atoms with Crippen LogP contribution in [0.25, 0.3) is 28.7 Å². The highest BCUT2D eigenvalue weighted by atomic mass is 16.5. The zero-order valence-electron chi connectivity index (χ0n) is 18.7. The summed E-state index contributed by atoms with van der Waals surface area (Å²) in [6.45, 7) is 5.30. The van der Waals surface area contributed by atoms with Gasteiger partial charge in [0.05, 0.1) is 36.3 Å². The van der Waals surface area contributed by atoms with Gasteiger partial charge in [0.1, 0.15) is 5.69 Å². The van der Waals surface area contributed by atoms with Crippen LogP contribution in [0.2, 0.25) is 0 Å². The number of nitrogens with zero attached hydrogens (tertiary/aromatic N) is 6. The standard InChI is InChI=1S/C26H28N6O/c1-4-14-31(15-5-1)26-23(11-10-21-9-8-20-6-2-3-7-22(20)28-21)29-25-24(12-13-27-32(25)26)30-16-18-33-19-17-30/h2-3,6-13H,1,4-5,14-19H2/b11-10+. The second-order valence-corrected chi connectivity index (χ2v) is 8.68. The van der Waals surface area contributed by atoms with Crippen LogP contribution < -0.4 is 9.80 Å². The maximum Gasteiger partial charge on any atom is 0.180 e. The molecule has 4 aromatic rings. The molecule has 0 spiro atoms. The van der Waals surface area contributed by atoms with E-state index in [1.807, 2.05) is 22.8 Å². The van der Waals surface area contributed by atoms with E-state index in [0.717, 1.165) is 78.8 Å². The minimum absolute atomic E-state index is 0.745. The predicted octanol–water partition coefficient (Wildman–Crippen LogP) is 4.27. The van der Waals surface area contributed by atoms with Crippen LogP contribution in [0.1, 0.15) is 30.7 Å². The summed E-state index contributed by atoms with van der Waals surface area (Å²) in [5.41, 5.74) is 4.90. The van der Waals surface area contributed by atoms with Crippen molar-refractivity contribution in [3.8, 4) is 0 Å². The molecule has 2 aliphatic rings. The third-order valence-electron chi connectivity index (χ3n) is 6.54. The number of hydrogen-bond donors (Lipinski definition) is 0. The SMILES string of the molecule is C(=C\c1nc2c(N3CCOCC3)ccnn2c1N1CCCCC1)/c1ccc2ccccc2n1. The van der Waals surface area contributed by atoms with Crippen LogP contribution in [0, 0.1) is 0 Å². The zero-order chi connectivity index (χ0) is 22.0. The van der Waals surface area contributed by atoms with Crippen molar-refractivity contribution in [2.24, 2.45) is 0 Å². The highest BCUT2D eigenvalue weighted by molar-refractivity contribution is 5.83. The third-order valence-corrected chi connectivity index (χ3v) is 6.54. The Morgan fingerprint density at radius 3 is 2.52 bits per heavy atom. The van der Waals surface area contributed by atoms with Crippen LogP contribution in [0.4, 0.5) is 11.5 Å². The highest BCUT2D eigenvalue weighted by Crippen LogP contribution is 2.31. The van der Waals surface area contributed by atoms with Crippen molar-refractivity contribution in [2.45, 2.75) is 19.3 Å². The van der Waals surface area contributed by atoms with Crippen molar-refractivity contribution in [3.05, 3.63) is 60.0 Å². The molecule has 0 atom stereocenters. The Balaban J connectivity index is 1.44. The number of piperidine rings is 1. The second kappa shape index (κ2) is 8.83. The molecular formula is C26H28N6O. The Morgan fingerprint density at radius 1 is 0.788 bits per heavy atom. The summed E-state index contributed by atoms with van der Waals surface area (Å²) in [6.07, 6.45) is 9.74. The van der Waals surface area contributed by atoms with Crippen molar-refractivity contribution in [1.82, 2.24) is 19.6 Å². The van der Waals surface area contributed by atoms with E-state index in [1.54, 1.807) is 0 Å². The topological polar surface area (TPSA) is 58.8 Å². The van der Waals surface area contributed by atoms with Gasteiger partial charge in [-0.05, 0) is 49.6 Å². The number of anilines is 2. The third kappa shape index (κ3) is 3.93. The van der Waals surface area contributed by atoms with E-state index in [9.17, 15) is 0 Å². The van der Waals surface area contributed by atoms with E-state index in [2.05, 4.69) is 52.3 Å². The minimum Gasteiger partial charge on any atom is -0.378 e. The first-order valence-electron chi connectivity index (χ1n) is 11.9. The average Bonchev–Trinajstić information content (AvgIpc) is 3.27. The Morgan fingerprint density at radius 2 is 1.64 bits per heavy atom. The zero-order valence-corrected chi connectivity index (χ0v) is 18.7. The van der Waals surface area contributed by atoms with E-state index in [-0.39, 0.29) is 0 Å². The number of aromatic nitrogens is 4. The number of pyridine rings is 1. The fraction of sp³-hybridized carbons (Fsp3) is 0.346. The maximum atomic E-state index is 5.56. The van der Waals surface area contributed by atoms with Crippen LogP contribution in [0.3, 0.4) is 0 Å². The summed E-state index contributed by atoms with van der Waals surface area (Å²) in [5.74, 6) is 1.08. The van der Waals surface area contributed by atoms with Crippen LogP contribution in [-0.2, 0) is 4.74 Å². The van der Waals surface area contributed by atoms with Crippen LogP contribution in [-0.4, -0.2) is 59.0 Å². The number of rotatable bonds is 4. The number of para-hydroxylation sites is 1. The van der Waals surface area contributed by atoms with Crippen molar-refractivity contribution >= 4 is 40.2 Å². The van der Waals surface area contributed by atoms with Gasteiger partial charge in [0.2, 0.25) is 0 Å². The molecule has 168 valence electrons. The lowest BCUT2D eigenvalue weighted by Crippen LogP contribution is -2.36. The molecule has 5 heterocycles. The van der Waals surface area contributed by atoms with Gasteiger partial charge in [-0.25, -0.2) is 9.97 Å². The van der Waals surface area contributed by atoms with Gasteiger partial charge in [0.15, 0.2) is 11.5 Å². The molecule has 0 unspecified atom stereocenters. The van der Waals surface area contributed by atoms with E-state index in [0.29, 0.717) is 0 Å². The normalized spacial score (nSPS) is 17.5. The molecule has 7 nitrogen and oxygen atoms in total. The highest BCUT2D eigenvalue weighted by Gasteiger charge is 2.23. The maximum absolute atomic E-state index is 5.56. The van der Waals surface area contributed by atoms with Crippen LogP contribution in [0.5, 0.6) is 0 Å². The predicted molar refractivity (Wildman–Crippen MR) is 133 cm³/mol. The molecule has 33 heavy (non-hydrogen) atoms. The fourth-order valence-corrected chi connectivity index (χ4v) is 4.84. The lowest BCUT2D eigenvalue weighted by atomic mass is 10.1. The number of benzene rings is 1. The van der Waals surface area contributed by atoms with E-state index < -0.39 is 0 Å². The molecular weight excluding hydrogens is 412 g/mol. The first kappa shape index (κ1) is 20.2. The van der Waals surface area contributed by atoms with E-state index >= 15 is 0 Å². The molecule has 0 saturated carbocycles. The fourth-order valence-electron chi connectivity index (χ4n) is 4.84. The number of ether oxygens (including phenoxy) is 1. The van der Waals surface area contributed by atoms with Gasteiger partial charge in [-0.15, -0.1) is 0 Å². The summed E-state index contributed by atoms with van der Waals surface area (Å²) in [4.78, 5) is 14.7. The quantitative estimate of drug-likeness (QED) is 0.472. The van der Waals surface area contributed by atoms with Gasteiger partial charge >= 0.3 is 0 Å². The summed E-state index contributed by atoms with van der Waals surface area (Å²) >= 11 is 0. The molecule has 2 saturated heterocycles. The molecule has 2 aliphatic heterocycles. The smallest absolute Gasteiger partial charge is 0.180 e. The summed E-state index contributed by atoms with van der Waals surface area (Å²) < 4.78 is 7.60. The molecule has 7 heteroatoms. The van der Waals surface area contributed by atoms with Crippen molar-refractivity contribution in [3.63, 3.8) is 0 Å². The van der Waals surface area contributed by atoms with E-state index in [4.69, 9.17) is 19.8 Å². The van der Waals surface area contributed by atoms with Crippen LogP contribution >= 0.6 is 0 Å². The molecule has 6 rings (SSSR count). The van der Waals surface area contributed by atoms with Gasteiger partial charge in [-0.2, -0.15) is 9.61 Å². The molecule has 0 radical (unpaired) electrons. The van der Waals surface area contributed by atoms with Gasteiger partial charge in [-0.1, -0.05) is 24.3 Å². The Bertz CT molecular complexity index is 1300. The molecule has 0 aliphatic carbocycles. The Labute approximate surface area is 193 Å². The summed E-state index contributed by atoms with van der Waals surface area (Å²) in [5, 5.41) is 5.88. The van der Waals surface area contributed by atoms with Gasteiger partial charge in [0.25, 0.3) is 0 Å². The largest absolute Gasteiger partial charge is 0.378 e. The first-order chi connectivity index (χ1) is 16.4. The van der Waals surface area contributed by atoms with Crippen molar-refractivity contribution < 1.29 is 4.74 Å². The number of hydrogen-bond acceptors (Lipinski definition) is 6. The van der Waals surface area contributed by atoms with Gasteiger partial charge < -0.3 is 14.5 Å². The van der Waals surface area contributed by atoms with Gasteiger partial charge in [-0.3, -0.25) is 0 Å². The minimum atomic E-state index is 0.745. The first-order valence-corrected chi connectivity index (χ1v) is 11.9.